The highest BCUT2D eigenvalue weighted by Crippen LogP contribution is 2.33. The third-order valence-corrected chi connectivity index (χ3v) is 4.53. The Kier molecular flexibility index (Phi) is 5.25. The summed E-state index contributed by atoms with van der Waals surface area (Å²) in [5, 5.41) is 14.2. The number of aromatic nitrogens is 1. The molecule has 0 saturated heterocycles. The Morgan fingerprint density at radius 1 is 1.53 bits per heavy atom. The van der Waals surface area contributed by atoms with Crippen molar-refractivity contribution in [2.45, 2.75) is 39.2 Å². The molecule has 0 bridgehead atoms. The van der Waals surface area contributed by atoms with Crippen LogP contribution >= 0.6 is 15.9 Å². The van der Waals surface area contributed by atoms with E-state index in [1.807, 2.05) is 0 Å². The molecule has 6 nitrogen and oxygen atoms in total. The van der Waals surface area contributed by atoms with E-state index in [9.17, 15) is 10.1 Å². The van der Waals surface area contributed by atoms with E-state index in [-0.39, 0.29) is 11.2 Å². The number of pyridine rings is 1. The molecular formula is C12H19BrN4O2. The Morgan fingerprint density at radius 2 is 2.11 bits per heavy atom. The van der Waals surface area contributed by atoms with Crippen LogP contribution in [-0.4, -0.2) is 22.0 Å². The molecule has 1 heterocycles. The molecule has 0 unspecified atom stereocenters. The average molecular weight is 331 g/mol. The van der Waals surface area contributed by atoms with Crippen molar-refractivity contribution in [1.82, 2.24) is 4.98 Å². The molecule has 0 saturated carbocycles. The van der Waals surface area contributed by atoms with Gasteiger partial charge in [0.2, 0.25) is 0 Å². The zero-order valence-electron chi connectivity index (χ0n) is 11.4. The zero-order chi connectivity index (χ0) is 14.6. The number of halogens is 1. The van der Waals surface area contributed by atoms with Crippen LogP contribution in [-0.2, 0) is 0 Å². The number of nitro groups is 1. The van der Waals surface area contributed by atoms with E-state index < -0.39 is 4.92 Å². The van der Waals surface area contributed by atoms with Gasteiger partial charge in [-0.3, -0.25) is 10.1 Å². The van der Waals surface area contributed by atoms with Crippen LogP contribution in [0.2, 0.25) is 0 Å². The number of nitrogens with zero attached hydrogens (tertiary/aromatic N) is 2. The molecule has 7 heteroatoms. The predicted octanol–water partition coefficient (Wildman–Crippen LogP) is 2.99. The normalized spacial score (nSPS) is 11.4. The first-order chi connectivity index (χ1) is 8.90. The minimum Gasteiger partial charge on any atom is -0.362 e. The first-order valence-corrected chi connectivity index (χ1v) is 6.97. The Labute approximate surface area is 121 Å². The van der Waals surface area contributed by atoms with Crippen LogP contribution in [0.5, 0.6) is 0 Å². The molecule has 1 rings (SSSR count). The third-order valence-electron chi connectivity index (χ3n) is 3.56. The summed E-state index contributed by atoms with van der Waals surface area (Å²) in [6.07, 6.45) is 2.98. The Balaban J connectivity index is 3.16. The number of nitrogens with one attached hydrogen (secondary N) is 1. The molecule has 0 aromatic carbocycles. The molecule has 0 fully saturated rings. The molecule has 0 aliphatic carbocycles. The average Bonchev–Trinajstić information content (AvgIpc) is 2.40. The molecule has 0 spiro atoms. The fraction of sp³-hybridized carbons (Fsp3) is 0.583. The van der Waals surface area contributed by atoms with Crippen LogP contribution in [0.3, 0.4) is 0 Å². The summed E-state index contributed by atoms with van der Waals surface area (Å²) in [5.74, 6) is 0.595. The van der Waals surface area contributed by atoms with Gasteiger partial charge in [-0.1, -0.05) is 13.8 Å². The van der Waals surface area contributed by atoms with Gasteiger partial charge in [0.25, 0.3) is 5.69 Å². The predicted molar refractivity (Wildman–Crippen MR) is 79.3 cm³/mol. The van der Waals surface area contributed by atoms with Crippen molar-refractivity contribution in [2.75, 3.05) is 11.9 Å². The minimum absolute atomic E-state index is 0.00349. The standard InChI is InChI=1S/C12H19BrN4O2/c1-4-12(5-2,7-14)16-11-10(13)8(3)9(6-15-11)17(18)19/h6H,4-5,7,14H2,1-3H3,(H,15,16). The molecule has 0 aliphatic rings. The van der Waals surface area contributed by atoms with E-state index in [2.05, 4.69) is 40.1 Å². The van der Waals surface area contributed by atoms with Gasteiger partial charge < -0.3 is 11.1 Å². The molecule has 1 aromatic rings. The van der Waals surface area contributed by atoms with E-state index in [0.29, 0.717) is 22.4 Å². The Morgan fingerprint density at radius 3 is 2.53 bits per heavy atom. The maximum Gasteiger partial charge on any atom is 0.291 e. The summed E-state index contributed by atoms with van der Waals surface area (Å²) in [6, 6.07) is 0. The van der Waals surface area contributed by atoms with Crippen LogP contribution in [0.25, 0.3) is 0 Å². The highest BCUT2D eigenvalue weighted by Gasteiger charge is 2.27. The fourth-order valence-electron chi connectivity index (χ4n) is 1.86. The lowest BCUT2D eigenvalue weighted by Crippen LogP contribution is -2.44. The number of nitrogens with two attached hydrogens (primary N) is 1. The van der Waals surface area contributed by atoms with Gasteiger partial charge in [0.05, 0.1) is 14.9 Å². The van der Waals surface area contributed by atoms with Gasteiger partial charge in [-0.15, -0.1) is 0 Å². The number of hydrogen-bond acceptors (Lipinski definition) is 5. The highest BCUT2D eigenvalue weighted by molar-refractivity contribution is 9.10. The Hall–Kier alpha value is -1.21. The van der Waals surface area contributed by atoms with Crippen LogP contribution in [0.15, 0.2) is 10.7 Å². The first kappa shape index (κ1) is 15.8. The first-order valence-electron chi connectivity index (χ1n) is 6.18. The molecule has 19 heavy (non-hydrogen) atoms. The lowest BCUT2D eigenvalue weighted by molar-refractivity contribution is -0.385. The molecule has 106 valence electrons. The van der Waals surface area contributed by atoms with Crippen molar-refractivity contribution in [2.24, 2.45) is 5.73 Å². The van der Waals surface area contributed by atoms with Crippen LogP contribution in [0.4, 0.5) is 11.5 Å². The summed E-state index contributed by atoms with van der Waals surface area (Å²) in [7, 11) is 0. The van der Waals surface area contributed by atoms with Crippen molar-refractivity contribution in [3.63, 3.8) is 0 Å². The van der Waals surface area contributed by atoms with Crippen LogP contribution in [0, 0.1) is 17.0 Å². The second-order valence-corrected chi connectivity index (χ2v) is 5.30. The van der Waals surface area contributed by atoms with Gasteiger partial charge in [-0.25, -0.2) is 4.98 Å². The highest BCUT2D eigenvalue weighted by atomic mass is 79.9. The van der Waals surface area contributed by atoms with Crippen molar-refractivity contribution in [3.8, 4) is 0 Å². The van der Waals surface area contributed by atoms with E-state index in [1.54, 1.807) is 6.92 Å². The van der Waals surface area contributed by atoms with Gasteiger partial charge in [0.1, 0.15) is 12.0 Å². The molecule has 0 radical (unpaired) electrons. The largest absolute Gasteiger partial charge is 0.362 e. The number of hydrogen-bond donors (Lipinski definition) is 2. The SMILES string of the molecule is CCC(CC)(CN)Nc1ncc([N+](=O)[O-])c(C)c1Br. The van der Waals surface area contributed by atoms with Crippen molar-refractivity contribution < 1.29 is 4.92 Å². The topological polar surface area (TPSA) is 94.1 Å². The van der Waals surface area contributed by atoms with E-state index in [4.69, 9.17) is 5.73 Å². The van der Waals surface area contributed by atoms with Crippen molar-refractivity contribution in [3.05, 3.63) is 26.3 Å². The zero-order valence-corrected chi connectivity index (χ0v) is 13.0. The molecule has 3 N–H and O–H groups in total. The number of rotatable bonds is 6. The Bertz CT molecular complexity index is 467. The summed E-state index contributed by atoms with van der Waals surface area (Å²) in [5.41, 5.74) is 6.15. The van der Waals surface area contributed by atoms with E-state index in [1.165, 1.54) is 6.20 Å². The summed E-state index contributed by atoms with van der Waals surface area (Å²) >= 11 is 3.37. The monoisotopic (exact) mass is 330 g/mol. The quantitative estimate of drug-likeness (QED) is 0.617. The van der Waals surface area contributed by atoms with Crippen LogP contribution in [0.1, 0.15) is 32.3 Å². The lowest BCUT2D eigenvalue weighted by atomic mass is 9.93. The second-order valence-electron chi connectivity index (χ2n) is 4.50. The van der Waals surface area contributed by atoms with E-state index >= 15 is 0 Å². The van der Waals surface area contributed by atoms with E-state index in [0.717, 1.165) is 12.8 Å². The molecule has 0 amide bonds. The van der Waals surface area contributed by atoms with Gasteiger partial charge in [0.15, 0.2) is 0 Å². The molecule has 1 aromatic heterocycles. The maximum atomic E-state index is 10.8. The fourth-order valence-corrected chi connectivity index (χ4v) is 2.26. The van der Waals surface area contributed by atoms with Gasteiger partial charge in [-0.2, -0.15) is 0 Å². The van der Waals surface area contributed by atoms with Gasteiger partial charge in [-0.05, 0) is 35.7 Å². The van der Waals surface area contributed by atoms with Crippen LogP contribution < -0.4 is 11.1 Å². The smallest absolute Gasteiger partial charge is 0.291 e. The minimum atomic E-state index is -0.438. The summed E-state index contributed by atoms with van der Waals surface area (Å²) in [6.45, 7) is 6.27. The van der Waals surface area contributed by atoms with Gasteiger partial charge >= 0.3 is 0 Å². The summed E-state index contributed by atoms with van der Waals surface area (Å²) in [4.78, 5) is 14.5. The molecular weight excluding hydrogens is 312 g/mol. The van der Waals surface area contributed by atoms with Crippen molar-refractivity contribution >= 4 is 27.4 Å². The lowest BCUT2D eigenvalue weighted by Gasteiger charge is -2.32. The summed E-state index contributed by atoms with van der Waals surface area (Å²) < 4.78 is 0.612. The number of anilines is 1. The van der Waals surface area contributed by atoms with Gasteiger partial charge in [0, 0.05) is 12.1 Å². The molecule has 0 aliphatic heterocycles. The maximum absolute atomic E-state index is 10.8. The molecule has 0 atom stereocenters. The second kappa shape index (κ2) is 6.29. The third kappa shape index (κ3) is 3.22. The van der Waals surface area contributed by atoms with Crippen molar-refractivity contribution in [1.29, 1.82) is 0 Å².